The summed E-state index contributed by atoms with van der Waals surface area (Å²) in [5.74, 6) is 0.289. The molecule has 90 valence electrons. The van der Waals surface area contributed by atoms with E-state index in [1.165, 1.54) is 4.31 Å². The molecule has 1 aromatic carbocycles. The number of rotatable bonds is 5. The summed E-state index contributed by atoms with van der Waals surface area (Å²) in [4.78, 5) is 0.280. The van der Waals surface area contributed by atoms with Crippen LogP contribution >= 0.6 is 27.5 Å². The fourth-order valence-electron chi connectivity index (χ4n) is 1.34. The molecule has 0 amide bonds. The Morgan fingerprint density at radius 2 is 2.00 bits per heavy atom. The second kappa shape index (κ2) is 6.00. The number of benzene rings is 1. The first kappa shape index (κ1) is 14.0. The van der Waals surface area contributed by atoms with Crippen LogP contribution in [0.5, 0.6) is 0 Å². The zero-order valence-corrected chi connectivity index (χ0v) is 12.0. The SMILES string of the molecule is CCN(CCCl)S(=O)(=O)c1ccccc1Br. The van der Waals surface area contributed by atoms with Crippen molar-refractivity contribution < 1.29 is 8.42 Å². The van der Waals surface area contributed by atoms with Gasteiger partial charge in [-0.3, -0.25) is 0 Å². The standard InChI is InChI=1S/C10H13BrClNO2S/c1-2-13(8-7-12)16(14,15)10-6-4-3-5-9(10)11/h3-6H,2,7-8H2,1H3. The summed E-state index contributed by atoms with van der Waals surface area (Å²) in [6, 6.07) is 6.77. The van der Waals surface area contributed by atoms with Gasteiger partial charge in [0.15, 0.2) is 0 Å². The van der Waals surface area contributed by atoms with Gasteiger partial charge in [-0.1, -0.05) is 19.1 Å². The highest BCUT2D eigenvalue weighted by molar-refractivity contribution is 9.10. The molecule has 1 aromatic rings. The van der Waals surface area contributed by atoms with Crippen LogP contribution < -0.4 is 0 Å². The fourth-order valence-corrected chi connectivity index (χ4v) is 4.05. The molecule has 0 saturated carbocycles. The second-order valence-corrected chi connectivity index (χ2v) is 6.25. The Labute approximate surface area is 110 Å². The summed E-state index contributed by atoms with van der Waals surface area (Å²) in [7, 11) is -3.44. The lowest BCUT2D eigenvalue weighted by Crippen LogP contribution is -2.32. The third kappa shape index (κ3) is 2.97. The van der Waals surface area contributed by atoms with Gasteiger partial charge in [-0.25, -0.2) is 8.42 Å². The minimum Gasteiger partial charge on any atom is -0.207 e. The van der Waals surface area contributed by atoms with Crippen molar-refractivity contribution in [2.45, 2.75) is 11.8 Å². The molecule has 0 heterocycles. The first-order chi connectivity index (χ1) is 7.54. The Hall–Kier alpha value is -0.100. The van der Waals surface area contributed by atoms with Gasteiger partial charge in [0.1, 0.15) is 0 Å². The molecular formula is C10H13BrClNO2S. The predicted molar refractivity (Wildman–Crippen MR) is 69.3 cm³/mol. The molecule has 0 aliphatic heterocycles. The minimum atomic E-state index is -3.44. The Morgan fingerprint density at radius 3 is 2.50 bits per heavy atom. The summed E-state index contributed by atoms with van der Waals surface area (Å²) in [5.41, 5.74) is 0. The Balaban J connectivity index is 3.15. The summed E-state index contributed by atoms with van der Waals surface area (Å²) in [6.45, 7) is 2.53. The van der Waals surface area contributed by atoms with Crippen LogP contribution in [0.2, 0.25) is 0 Å². The van der Waals surface area contributed by atoms with Gasteiger partial charge in [0.05, 0.1) is 4.90 Å². The molecule has 0 fully saturated rings. The lowest BCUT2D eigenvalue weighted by atomic mass is 10.4. The third-order valence-corrected chi connectivity index (χ3v) is 5.30. The molecule has 1 rings (SSSR count). The number of alkyl halides is 1. The zero-order chi connectivity index (χ0) is 12.2. The maximum absolute atomic E-state index is 12.2. The molecule has 0 unspecified atom stereocenters. The minimum absolute atomic E-state index is 0.280. The van der Waals surface area contributed by atoms with Gasteiger partial charge in [0, 0.05) is 23.4 Å². The summed E-state index contributed by atoms with van der Waals surface area (Å²) >= 11 is 8.83. The lowest BCUT2D eigenvalue weighted by molar-refractivity contribution is 0.446. The molecule has 0 saturated heterocycles. The molecular weight excluding hydrogens is 314 g/mol. The number of hydrogen-bond donors (Lipinski definition) is 0. The van der Waals surface area contributed by atoms with Crippen LogP contribution in [-0.2, 0) is 10.0 Å². The van der Waals surface area contributed by atoms with E-state index in [2.05, 4.69) is 15.9 Å². The van der Waals surface area contributed by atoms with Crippen LogP contribution in [0.3, 0.4) is 0 Å². The monoisotopic (exact) mass is 325 g/mol. The van der Waals surface area contributed by atoms with Crippen molar-refractivity contribution >= 4 is 37.6 Å². The molecule has 6 heteroatoms. The quantitative estimate of drug-likeness (QED) is 0.780. The largest absolute Gasteiger partial charge is 0.244 e. The van der Waals surface area contributed by atoms with Crippen LogP contribution in [0.4, 0.5) is 0 Å². The van der Waals surface area contributed by atoms with Crippen molar-refractivity contribution in [1.82, 2.24) is 4.31 Å². The van der Waals surface area contributed by atoms with E-state index in [9.17, 15) is 8.42 Å². The molecule has 0 aliphatic rings. The molecule has 0 spiro atoms. The van der Waals surface area contributed by atoms with Gasteiger partial charge in [0.25, 0.3) is 0 Å². The van der Waals surface area contributed by atoms with Crippen LogP contribution in [0, 0.1) is 0 Å². The molecule has 0 bridgehead atoms. The van der Waals surface area contributed by atoms with E-state index in [-0.39, 0.29) is 10.8 Å². The number of nitrogens with zero attached hydrogens (tertiary/aromatic N) is 1. The van der Waals surface area contributed by atoms with E-state index in [4.69, 9.17) is 11.6 Å². The van der Waals surface area contributed by atoms with Crippen LogP contribution in [0.1, 0.15) is 6.92 Å². The summed E-state index contributed by atoms with van der Waals surface area (Å²) in [6.07, 6.45) is 0. The normalized spacial score (nSPS) is 12.0. The van der Waals surface area contributed by atoms with Gasteiger partial charge >= 0.3 is 0 Å². The summed E-state index contributed by atoms with van der Waals surface area (Å²) in [5, 5.41) is 0. The molecule has 0 aliphatic carbocycles. The molecule has 16 heavy (non-hydrogen) atoms. The highest BCUT2D eigenvalue weighted by atomic mass is 79.9. The number of halogens is 2. The van der Waals surface area contributed by atoms with Crippen molar-refractivity contribution in [1.29, 1.82) is 0 Å². The van der Waals surface area contributed by atoms with E-state index in [0.29, 0.717) is 17.6 Å². The van der Waals surface area contributed by atoms with Crippen LogP contribution in [0.25, 0.3) is 0 Å². The van der Waals surface area contributed by atoms with Crippen molar-refractivity contribution in [3.8, 4) is 0 Å². The average Bonchev–Trinajstić information content (AvgIpc) is 2.26. The molecule has 0 radical (unpaired) electrons. The molecule has 0 N–H and O–H groups in total. The Morgan fingerprint density at radius 1 is 1.38 bits per heavy atom. The lowest BCUT2D eigenvalue weighted by Gasteiger charge is -2.19. The van der Waals surface area contributed by atoms with Gasteiger partial charge < -0.3 is 0 Å². The van der Waals surface area contributed by atoms with E-state index in [1.54, 1.807) is 31.2 Å². The second-order valence-electron chi connectivity index (χ2n) is 3.12. The van der Waals surface area contributed by atoms with E-state index < -0.39 is 10.0 Å². The van der Waals surface area contributed by atoms with Crippen LogP contribution in [0.15, 0.2) is 33.6 Å². The molecule has 3 nitrogen and oxygen atoms in total. The van der Waals surface area contributed by atoms with Gasteiger partial charge in [-0.2, -0.15) is 4.31 Å². The van der Waals surface area contributed by atoms with Gasteiger partial charge in [-0.15, -0.1) is 11.6 Å². The first-order valence-corrected chi connectivity index (χ1v) is 7.61. The van der Waals surface area contributed by atoms with Crippen molar-refractivity contribution in [2.24, 2.45) is 0 Å². The third-order valence-electron chi connectivity index (χ3n) is 2.14. The average molecular weight is 327 g/mol. The van der Waals surface area contributed by atoms with Crippen molar-refractivity contribution in [3.63, 3.8) is 0 Å². The number of sulfonamides is 1. The molecule has 0 atom stereocenters. The highest BCUT2D eigenvalue weighted by Gasteiger charge is 2.24. The summed E-state index contributed by atoms with van der Waals surface area (Å²) < 4.78 is 26.4. The van der Waals surface area contributed by atoms with Gasteiger partial charge in [0.2, 0.25) is 10.0 Å². The van der Waals surface area contributed by atoms with Crippen molar-refractivity contribution in [2.75, 3.05) is 19.0 Å². The maximum atomic E-state index is 12.2. The number of hydrogen-bond acceptors (Lipinski definition) is 2. The van der Waals surface area contributed by atoms with Gasteiger partial charge in [-0.05, 0) is 28.1 Å². The zero-order valence-electron chi connectivity index (χ0n) is 8.86. The van der Waals surface area contributed by atoms with Crippen LogP contribution in [-0.4, -0.2) is 31.7 Å². The Bertz CT molecular complexity index is 450. The van der Waals surface area contributed by atoms with Crippen molar-refractivity contribution in [3.05, 3.63) is 28.7 Å². The predicted octanol–water partition coefficient (Wildman–Crippen LogP) is 2.70. The topological polar surface area (TPSA) is 37.4 Å². The molecule has 0 aromatic heterocycles. The first-order valence-electron chi connectivity index (χ1n) is 4.84. The van der Waals surface area contributed by atoms with E-state index in [1.807, 2.05) is 0 Å². The smallest absolute Gasteiger partial charge is 0.207 e. The van der Waals surface area contributed by atoms with E-state index >= 15 is 0 Å². The maximum Gasteiger partial charge on any atom is 0.244 e. The van der Waals surface area contributed by atoms with E-state index in [0.717, 1.165) is 0 Å². The Kier molecular flexibility index (Phi) is 5.24. The fraction of sp³-hybridized carbons (Fsp3) is 0.400. The highest BCUT2D eigenvalue weighted by Crippen LogP contribution is 2.24.